The Labute approximate surface area is 121 Å². The van der Waals surface area contributed by atoms with E-state index in [4.69, 9.17) is 0 Å². The third-order valence-electron chi connectivity index (χ3n) is 3.61. The maximum absolute atomic E-state index is 13.3. The number of hydrogen-bond acceptors (Lipinski definition) is 2. The smallest absolute Gasteiger partial charge is 0.246 e. The molecule has 2 N–H and O–H groups in total. The Morgan fingerprint density at radius 3 is 2.67 bits per heavy atom. The molecule has 0 spiro atoms. The molecule has 2 atom stereocenters. The second-order valence-electron chi connectivity index (χ2n) is 5.10. The number of halogens is 2. The molecular formula is C16H14F2N2O. The van der Waals surface area contributed by atoms with Gasteiger partial charge in [0.15, 0.2) is 0 Å². The molecule has 0 radical (unpaired) electrons. The molecule has 3 nitrogen and oxygen atoms in total. The number of carbonyl (C=O) groups is 1. The summed E-state index contributed by atoms with van der Waals surface area (Å²) >= 11 is 0. The van der Waals surface area contributed by atoms with Crippen molar-refractivity contribution in [1.82, 2.24) is 5.32 Å². The van der Waals surface area contributed by atoms with E-state index in [1.165, 1.54) is 24.3 Å². The highest BCUT2D eigenvalue weighted by atomic mass is 19.1. The summed E-state index contributed by atoms with van der Waals surface area (Å²) in [6.45, 7) is 1.85. The first-order valence-corrected chi connectivity index (χ1v) is 6.66. The highest BCUT2D eigenvalue weighted by molar-refractivity contribution is 6.02. The van der Waals surface area contributed by atoms with Crippen molar-refractivity contribution in [3.8, 4) is 0 Å². The molecule has 0 aliphatic carbocycles. The zero-order valence-electron chi connectivity index (χ0n) is 11.4. The highest BCUT2D eigenvalue weighted by Crippen LogP contribution is 2.33. The normalized spacial score (nSPS) is 18.2. The Bertz CT molecular complexity index is 702. The van der Waals surface area contributed by atoms with Crippen LogP contribution >= 0.6 is 0 Å². The Morgan fingerprint density at radius 2 is 1.90 bits per heavy atom. The predicted octanol–water partition coefficient (Wildman–Crippen LogP) is 3.31. The molecule has 0 aromatic heterocycles. The van der Waals surface area contributed by atoms with Crippen LogP contribution in [0.15, 0.2) is 42.5 Å². The van der Waals surface area contributed by atoms with Crippen LogP contribution in [0.5, 0.6) is 0 Å². The van der Waals surface area contributed by atoms with Crippen molar-refractivity contribution < 1.29 is 13.6 Å². The molecule has 2 aromatic rings. The minimum atomic E-state index is -0.570. The molecular weight excluding hydrogens is 274 g/mol. The lowest BCUT2D eigenvalue weighted by molar-refractivity contribution is -0.117. The van der Waals surface area contributed by atoms with Crippen LogP contribution in [0.2, 0.25) is 0 Å². The number of rotatable bonds is 3. The van der Waals surface area contributed by atoms with Crippen LogP contribution in [0, 0.1) is 11.6 Å². The van der Waals surface area contributed by atoms with Crippen molar-refractivity contribution in [3.63, 3.8) is 0 Å². The number of amides is 1. The molecule has 1 heterocycles. The lowest BCUT2D eigenvalue weighted by atomic mass is 10.0. The molecule has 0 bridgehead atoms. The van der Waals surface area contributed by atoms with Crippen LogP contribution in [0.25, 0.3) is 0 Å². The fraction of sp³-hybridized carbons (Fsp3) is 0.188. The molecule has 1 amide bonds. The van der Waals surface area contributed by atoms with E-state index >= 15 is 0 Å². The Hall–Kier alpha value is -2.27. The van der Waals surface area contributed by atoms with Crippen LogP contribution in [-0.2, 0) is 4.79 Å². The van der Waals surface area contributed by atoms with E-state index in [9.17, 15) is 13.6 Å². The van der Waals surface area contributed by atoms with Gasteiger partial charge in [0.1, 0.15) is 17.7 Å². The summed E-state index contributed by atoms with van der Waals surface area (Å²) in [5, 5.41) is 5.79. The molecule has 0 fully saturated rings. The van der Waals surface area contributed by atoms with Gasteiger partial charge in [-0.2, -0.15) is 0 Å². The van der Waals surface area contributed by atoms with Gasteiger partial charge in [-0.05, 0) is 36.8 Å². The fourth-order valence-electron chi connectivity index (χ4n) is 2.52. The first-order chi connectivity index (χ1) is 10.0. The van der Waals surface area contributed by atoms with E-state index in [1.54, 1.807) is 18.2 Å². The van der Waals surface area contributed by atoms with Crippen LogP contribution in [0.1, 0.15) is 30.1 Å². The SMILES string of the molecule is CC(NC1C(=O)Nc2cc(F)ccc21)c1cccc(F)c1. The van der Waals surface area contributed by atoms with Gasteiger partial charge in [0, 0.05) is 17.3 Å². The summed E-state index contributed by atoms with van der Waals surface area (Å²) in [5.41, 5.74) is 1.92. The van der Waals surface area contributed by atoms with Crippen molar-refractivity contribution in [3.05, 3.63) is 65.2 Å². The number of benzene rings is 2. The second-order valence-corrected chi connectivity index (χ2v) is 5.10. The van der Waals surface area contributed by atoms with E-state index in [1.807, 2.05) is 6.92 Å². The summed E-state index contributed by atoms with van der Waals surface area (Å²) in [5.74, 6) is -0.953. The second kappa shape index (κ2) is 5.26. The highest BCUT2D eigenvalue weighted by Gasteiger charge is 2.31. The van der Waals surface area contributed by atoms with Gasteiger partial charge in [-0.1, -0.05) is 18.2 Å². The van der Waals surface area contributed by atoms with Gasteiger partial charge in [0.2, 0.25) is 5.91 Å². The monoisotopic (exact) mass is 288 g/mol. The number of nitrogens with one attached hydrogen (secondary N) is 2. The predicted molar refractivity (Wildman–Crippen MR) is 75.7 cm³/mol. The zero-order chi connectivity index (χ0) is 15.0. The van der Waals surface area contributed by atoms with Crippen molar-refractivity contribution >= 4 is 11.6 Å². The summed E-state index contributed by atoms with van der Waals surface area (Å²) in [4.78, 5) is 12.0. The number of hydrogen-bond donors (Lipinski definition) is 2. The van der Waals surface area contributed by atoms with Gasteiger partial charge >= 0.3 is 0 Å². The van der Waals surface area contributed by atoms with Crippen molar-refractivity contribution in [2.24, 2.45) is 0 Å². The van der Waals surface area contributed by atoms with Gasteiger partial charge in [0.25, 0.3) is 0 Å². The Kier molecular flexibility index (Phi) is 3.43. The molecule has 1 aliphatic rings. The standard InChI is InChI=1S/C16H14F2N2O/c1-9(10-3-2-4-11(17)7-10)19-15-13-6-5-12(18)8-14(13)20-16(15)21/h2-9,15,19H,1H3,(H,20,21). The minimum Gasteiger partial charge on any atom is -0.324 e. The topological polar surface area (TPSA) is 41.1 Å². The zero-order valence-corrected chi connectivity index (χ0v) is 11.4. The molecule has 108 valence electrons. The van der Waals surface area contributed by atoms with Gasteiger partial charge in [-0.3, -0.25) is 10.1 Å². The number of anilines is 1. The molecule has 5 heteroatoms. The van der Waals surface area contributed by atoms with Gasteiger partial charge in [0.05, 0.1) is 0 Å². The quantitative estimate of drug-likeness (QED) is 0.909. The van der Waals surface area contributed by atoms with Crippen LogP contribution in [0.4, 0.5) is 14.5 Å². The van der Waals surface area contributed by atoms with Gasteiger partial charge in [-0.15, -0.1) is 0 Å². The van der Waals surface area contributed by atoms with Crippen LogP contribution < -0.4 is 10.6 Å². The van der Waals surface area contributed by atoms with Gasteiger partial charge in [-0.25, -0.2) is 8.78 Å². The molecule has 2 aromatic carbocycles. The average molecular weight is 288 g/mol. The molecule has 1 aliphatic heterocycles. The average Bonchev–Trinajstić information content (AvgIpc) is 2.74. The maximum Gasteiger partial charge on any atom is 0.246 e. The van der Waals surface area contributed by atoms with Crippen LogP contribution in [0.3, 0.4) is 0 Å². The first kappa shape index (κ1) is 13.7. The van der Waals surface area contributed by atoms with Crippen molar-refractivity contribution in [1.29, 1.82) is 0 Å². The molecule has 0 saturated heterocycles. The number of fused-ring (bicyclic) bond motifs is 1. The Morgan fingerprint density at radius 1 is 1.14 bits per heavy atom. The van der Waals surface area contributed by atoms with Crippen LogP contribution in [-0.4, -0.2) is 5.91 Å². The van der Waals surface area contributed by atoms with Gasteiger partial charge < -0.3 is 5.32 Å². The van der Waals surface area contributed by atoms with Crippen molar-refractivity contribution in [2.75, 3.05) is 5.32 Å². The van der Waals surface area contributed by atoms with E-state index in [2.05, 4.69) is 10.6 Å². The third kappa shape index (κ3) is 2.64. The lowest BCUT2D eigenvalue weighted by Crippen LogP contribution is -2.29. The summed E-state index contributed by atoms with van der Waals surface area (Å²) < 4.78 is 26.4. The summed E-state index contributed by atoms with van der Waals surface area (Å²) in [6, 6.07) is 9.62. The molecule has 2 unspecified atom stereocenters. The Balaban J connectivity index is 1.84. The summed E-state index contributed by atoms with van der Waals surface area (Å²) in [7, 11) is 0. The van der Waals surface area contributed by atoms with E-state index in [0.29, 0.717) is 11.3 Å². The molecule has 3 rings (SSSR count). The fourth-order valence-corrected chi connectivity index (χ4v) is 2.52. The van der Waals surface area contributed by atoms with E-state index < -0.39 is 11.9 Å². The number of carbonyl (C=O) groups excluding carboxylic acids is 1. The lowest BCUT2D eigenvalue weighted by Gasteiger charge is -2.19. The van der Waals surface area contributed by atoms with E-state index in [-0.39, 0.29) is 17.8 Å². The van der Waals surface area contributed by atoms with Crippen molar-refractivity contribution in [2.45, 2.75) is 19.0 Å². The molecule has 0 saturated carbocycles. The summed E-state index contributed by atoms with van der Waals surface area (Å²) in [6.07, 6.45) is 0. The molecule has 21 heavy (non-hydrogen) atoms. The largest absolute Gasteiger partial charge is 0.324 e. The third-order valence-corrected chi connectivity index (χ3v) is 3.61. The minimum absolute atomic E-state index is 0.215. The van der Waals surface area contributed by atoms with E-state index in [0.717, 1.165) is 5.56 Å². The maximum atomic E-state index is 13.3. The first-order valence-electron chi connectivity index (χ1n) is 6.66.